The smallest absolute Gasteiger partial charge is 0.325 e. The van der Waals surface area contributed by atoms with Crippen LogP contribution in [-0.4, -0.2) is 76.7 Å². The van der Waals surface area contributed by atoms with E-state index in [9.17, 15) is 24.3 Å². The van der Waals surface area contributed by atoms with Gasteiger partial charge >= 0.3 is 5.97 Å². The van der Waals surface area contributed by atoms with E-state index >= 15 is 0 Å². The SMILES string of the molecule is CCC(C)C(NC(=O)C(N)C(C)O)C(=O)NC(CCCN=C(N)N)C(=O)NC(C)C(=O)O. The molecule has 0 fully saturated rings. The summed E-state index contributed by atoms with van der Waals surface area (Å²) in [5.41, 5.74) is 16.2. The number of carboxylic acids is 1. The summed E-state index contributed by atoms with van der Waals surface area (Å²) in [7, 11) is 0. The van der Waals surface area contributed by atoms with Crippen LogP contribution in [-0.2, 0) is 19.2 Å². The van der Waals surface area contributed by atoms with Gasteiger partial charge in [-0.15, -0.1) is 0 Å². The molecule has 0 radical (unpaired) electrons. The van der Waals surface area contributed by atoms with Crippen molar-refractivity contribution < 1.29 is 29.4 Å². The van der Waals surface area contributed by atoms with Gasteiger partial charge in [-0.3, -0.25) is 24.2 Å². The van der Waals surface area contributed by atoms with Crippen molar-refractivity contribution in [3.63, 3.8) is 0 Å². The molecule has 13 heteroatoms. The molecule has 0 heterocycles. The Labute approximate surface area is 187 Å². The molecule has 0 aromatic heterocycles. The first-order valence-electron chi connectivity index (χ1n) is 10.4. The highest BCUT2D eigenvalue weighted by Gasteiger charge is 2.32. The molecule has 32 heavy (non-hydrogen) atoms. The van der Waals surface area contributed by atoms with E-state index in [0.29, 0.717) is 12.8 Å². The molecular weight excluding hydrogens is 422 g/mol. The van der Waals surface area contributed by atoms with Crippen LogP contribution < -0.4 is 33.2 Å². The summed E-state index contributed by atoms with van der Waals surface area (Å²) >= 11 is 0. The lowest BCUT2D eigenvalue weighted by Gasteiger charge is -2.28. The van der Waals surface area contributed by atoms with Crippen molar-refractivity contribution in [1.29, 1.82) is 0 Å². The second kappa shape index (κ2) is 14.2. The number of nitrogens with two attached hydrogens (primary N) is 3. The van der Waals surface area contributed by atoms with Crippen LogP contribution in [0.5, 0.6) is 0 Å². The van der Waals surface area contributed by atoms with Gasteiger partial charge in [0.05, 0.1) is 6.10 Å². The van der Waals surface area contributed by atoms with Crippen molar-refractivity contribution in [2.45, 2.75) is 77.2 Å². The van der Waals surface area contributed by atoms with Crippen LogP contribution >= 0.6 is 0 Å². The normalized spacial score (nSPS) is 16.4. The third-order valence-electron chi connectivity index (χ3n) is 4.92. The average molecular weight is 460 g/mol. The van der Waals surface area contributed by atoms with Gasteiger partial charge < -0.3 is 43.4 Å². The number of hydrogen-bond donors (Lipinski definition) is 8. The maximum atomic E-state index is 13.0. The highest BCUT2D eigenvalue weighted by Crippen LogP contribution is 2.10. The number of rotatable bonds is 14. The van der Waals surface area contributed by atoms with E-state index in [2.05, 4.69) is 20.9 Å². The molecule has 0 aromatic rings. The van der Waals surface area contributed by atoms with Crippen molar-refractivity contribution >= 4 is 29.7 Å². The Morgan fingerprint density at radius 1 is 0.969 bits per heavy atom. The second-order valence-corrected chi connectivity index (χ2v) is 7.72. The number of carboxylic acid groups (broad SMARTS) is 1. The van der Waals surface area contributed by atoms with Gasteiger partial charge in [-0.25, -0.2) is 0 Å². The highest BCUT2D eigenvalue weighted by molar-refractivity contribution is 5.94. The maximum absolute atomic E-state index is 13.0. The minimum absolute atomic E-state index is 0.120. The van der Waals surface area contributed by atoms with Gasteiger partial charge in [0.25, 0.3) is 0 Å². The predicted octanol–water partition coefficient (Wildman–Crippen LogP) is -2.65. The van der Waals surface area contributed by atoms with Crippen LogP contribution in [0.3, 0.4) is 0 Å². The molecule has 0 aliphatic carbocycles. The van der Waals surface area contributed by atoms with Gasteiger partial charge in [0, 0.05) is 6.54 Å². The van der Waals surface area contributed by atoms with Gasteiger partial charge in [0.1, 0.15) is 24.2 Å². The van der Waals surface area contributed by atoms with Crippen molar-refractivity contribution in [1.82, 2.24) is 16.0 Å². The number of hydrogen-bond acceptors (Lipinski definition) is 7. The molecule has 6 unspecified atom stereocenters. The first kappa shape index (κ1) is 29.1. The van der Waals surface area contributed by atoms with Crippen LogP contribution in [0.25, 0.3) is 0 Å². The summed E-state index contributed by atoms with van der Waals surface area (Å²) in [6, 6.07) is -4.52. The number of nitrogens with one attached hydrogen (secondary N) is 3. The zero-order valence-electron chi connectivity index (χ0n) is 19.0. The van der Waals surface area contributed by atoms with E-state index in [4.69, 9.17) is 22.3 Å². The van der Waals surface area contributed by atoms with Crippen LogP contribution in [0.4, 0.5) is 0 Å². The Bertz CT molecular complexity index is 681. The largest absolute Gasteiger partial charge is 0.480 e. The lowest BCUT2D eigenvalue weighted by molar-refractivity contribution is -0.142. The number of nitrogens with zero attached hydrogens (tertiary/aromatic N) is 1. The zero-order valence-corrected chi connectivity index (χ0v) is 19.0. The Morgan fingerprint density at radius 3 is 2.03 bits per heavy atom. The molecule has 0 aromatic carbocycles. The number of carbonyl (C=O) groups excluding carboxylic acids is 3. The number of carbonyl (C=O) groups is 4. The Hall–Kier alpha value is -2.93. The van der Waals surface area contributed by atoms with Gasteiger partial charge in [-0.2, -0.15) is 0 Å². The van der Waals surface area contributed by atoms with E-state index in [1.807, 2.05) is 6.92 Å². The third-order valence-corrected chi connectivity index (χ3v) is 4.92. The third kappa shape index (κ3) is 10.4. The summed E-state index contributed by atoms with van der Waals surface area (Å²) in [6.45, 7) is 6.39. The van der Waals surface area contributed by atoms with Crippen LogP contribution in [0.15, 0.2) is 4.99 Å². The fraction of sp³-hybridized carbons (Fsp3) is 0.737. The molecule has 0 rings (SSSR count). The fourth-order valence-electron chi connectivity index (χ4n) is 2.58. The Balaban J connectivity index is 5.49. The summed E-state index contributed by atoms with van der Waals surface area (Å²) < 4.78 is 0. The van der Waals surface area contributed by atoms with Crippen LogP contribution in [0.1, 0.15) is 47.0 Å². The van der Waals surface area contributed by atoms with Gasteiger partial charge in [-0.1, -0.05) is 20.3 Å². The number of aliphatic imine (C=N–C) groups is 1. The second-order valence-electron chi connectivity index (χ2n) is 7.72. The molecule has 3 amide bonds. The van der Waals surface area contributed by atoms with Crippen molar-refractivity contribution in [2.75, 3.05) is 6.54 Å². The summed E-state index contributed by atoms with van der Waals surface area (Å²) in [4.78, 5) is 52.7. The first-order chi connectivity index (χ1) is 14.8. The molecular formula is C19H37N7O6. The maximum Gasteiger partial charge on any atom is 0.325 e. The molecule has 0 aliphatic heterocycles. The number of aliphatic carboxylic acids is 1. The van der Waals surface area contributed by atoms with Crippen molar-refractivity contribution in [2.24, 2.45) is 28.1 Å². The minimum Gasteiger partial charge on any atom is -0.480 e. The lowest BCUT2D eigenvalue weighted by atomic mass is 9.97. The minimum atomic E-state index is -1.24. The van der Waals surface area contributed by atoms with Crippen molar-refractivity contribution in [3.8, 4) is 0 Å². The fourth-order valence-corrected chi connectivity index (χ4v) is 2.58. The van der Waals surface area contributed by atoms with Gasteiger partial charge in [-0.05, 0) is 32.6 Å². The number of aliphatic hydroxyl groups excluding tert-OH is 1. The molecule has 13 nitrogen and oxygen atoms in total. The predicted molar refractivity (Wildman–Crippen MR) is 118 cm³/mol. The first-order valence-corrected chi connectivity index (χ1v) is 10.4. The molecule has 6 atom stereocenters. The summed E-state index contributed by atoms with van der Waals surface area (Å²) in [5, 5.41) is 26.0. The van der Waals surface area contributed by atoms with Gasteiger partial charge in [0.2, 0.25) is 17.7 Å². The number of aliphatic hydroxyl groups is 1. The van der Waals surface area contributed by atoms with Gasteiger partial charge in [0.15, 0.2) is 5.96 Å². The summed E-state index contributed by atoms with van der Waals surface area (Å²) in [5.74, 6) is -3.73. The number of amides is 3. The molecule has 0 bridgehead atoms. The lowest BCUT2D eigenvalue weighted by Crippen LogP contribution is -2.59. The van der Waals surface area contributed by atoms with E-state index in [1.54, 1.807) is 6.92 Å². The van der Waals surface area contributed by atoms with Crippen molar-refractivity contribution in [3.05, 3.63) is 0 Å². The molecule has 0 aliphatic rings. The Kier molecular flexibility index (Phi) is 12.9. The standard InChI is InChI=1S/C19H37N7O6/c1-5-9(2)14(26-16(29)13(20)11(4)27)17(30)25-12(7-6-8-23-19(21)22)15(28)24-10(3)18(31)32/h9-14,27H,5-8,20H2,1-4H3,(H,24,28)(H,25,30)(H,26,29)(H,31,32)(H4,21,22,23). The topological polar surface area (TPSA) is 235 Å². The van der Waals surface area contributed by atoms with E-state index in [0.717, 1.165) is 0 Å². The van der Waals surface area contributed by atoms with Crippen LogP contribution in [0, 0.1) is 5.92 Å². The zero-order chi connectivity index (χ0) is 25.0. The molecule has 184 valence electrons. The van der Waals surface area contributed by atoms with E-state index < -0.39 is 54.0 Å². The Morgan fingerprint density at radius 2 is 1.56 bits per heavy atom. The van der Waals surface area contributed by atoms with E-state index in [-0.39, 0.29) is 24.8 Å². The molecule has 0 saturated heterocycles. The van der Waals surface area contributed by atoms with E-state index in [1.165, 1.54) is 13.8 Å². The summed E-state index contributed by atoms with van der Waals surface area (Å²) in [6.07, 6.45) is -0.151. The molecule has 0 spiro atoms. The number of guanidine groups is 1. The highest BCUT2D eigenvalue weighted by atomic mass is 16.4. The monoisotopic (exact) mass is 459 g/mol. The average Bonchev–Trinajstić information content (AvgIpc) is 2.71. The van der Waals surface area contributed by atoms with Crippen LogP contribution in [0.2, 0.25) is 0 Å². The molecule has 0 saturated carbocycles. The quantitative estimate of drug-likeness (QED) is 0.0768. The molecule has 11 N–H and O–H groups in total.